The van der Waals surface area contributed by atoms with Crippen LogP contribution in [0.2, 0.25) is 0 Å². The fourth-order valence-electron chi connectivity index (χ4n) is 2.96. The van der Waals surface area contributed by atoms with Gasteiger partial charge in [0.25, 0.3) is 5.91 Å². The molecule has 0 spiro atoms. The molecule has 2 aromatic carbocycles. The molecule has 2 N–H and O–H groups in total. The second-order valence-corrected chi connectivity index (χ2v) is 7.17. The van der Waals surface area contributed by atoms with Crippen LogP contribution in [0.4, 0.5) is 23.5 Å². The van der Waals surface area contributed by atoms with Crippen LogP contribution >= 0.6 is 0 Å². The Morgan fingerprint density at radius 2 is 1.88 bits per heavy atom. The molecule has 1 amide bonds. The van der Waals surface area contributed by atoms with Gasteiger partial charge in [0.1, 0.15) is 5.82 Å². The van der Waals surface area contributed by atoms with Crippen LogP contribution in [0.15, 0.2) is 53.1 Å². The molecule has 0 aliphatic carbocycles. The summed E-state index contributed by atoms with van der Waals surface area (Å²) >= 11 is 0. The number of likely N-dealkylation sites (N-methyl/N-ethyl adjacent to an activating group) is 1. The van der Waals surface area contributed by atoms with Crippen LogP contribution in [0.1, 0.15) is 16.2 Å². The molecule has 176 valence electrons. The topological polar surface area (TPSA) is 113 Å². The lowest BCUT2D eigenvalue weighted by atomic mass is 10.1. The first kappa shape index (κ1) is 22.9. The number of nitrogens with one attached hydrogen (secondary N) is 2. The van der Waals surface area contributed by atoms with Crippen molar-refractivity contribution in [3.8, 4) is 22.8 Å². The van der Waals surface area contributed by atoms with Crippen molar-refractivity contribution < 1.29 is 26.9 Å². The van der Waals surface area contributed by atoms with E-state index in [1.54, 1.807) is 24.1 Å². The molecular formula is C21H17F4N7O2. The molecule has 4 rings (SSSR count). The van der Waals surface area contributed by atoms with E-state index in [0.29, 0.717) is 23.9 Å². The van der Waals surface area contributed by atoms with Crippen LogP contribution in [-0.4, -0.2) is 51.4 Å². The summed E-state index contributed by atoms with van der Waals surface area (Å²) in [6.45, 7) is 0.604. The van der Waals surface area contributed by atoms with Crippen LogP contribution < -0.4 is 10.2 Å². The Kier molecular flexibility index (Phi) is 6.25. The summed E-state index contributed by atoms with van der Waals surface area (Å²) in [5.74, 6) is -1.67. The van der Waals surface area contributed by atoms with Crippen LogP contribution in [0.3, 0.4) is 0 Å². The number of aromatic nitrogens is 5. The lowest BCUT2D eigenvalue weighted by molar-refractivity contribution is -0.159. The first-order chi connectivity index (χ1) is 16.2. The van der Waals surface area contributed by atoms with E-state index in [4.69, 9.17) is 0 Å². The second-order valence-electron chi connectivity index (χ2n) is 7.17. The SMILES string of the molecule is CN(CCNC(=O)c1cccc(-c2noc(C(F)(F)F)n2)c1)c1n[nH]c(-c2ccc(F)cc2)n1. The summed E-state index contributed by atoms with van der Waals surface area (Å²) in [7, 11) is 1.73. The third kappa shape index (κ3) is 5.19. The monoisotopic (exact) mass is 475 g/mol. The third-order valence-corrected chi connectivity index (χ3v) is 4.72. The number of hydrogen-bond donors (Lipinski definition) is 2. The van der Waals surface area contributed by atoms with Crippen molar-refractivity contribution in [3.05, 3.63) is 65.8 Å². The zero-order valence-electron chi connectivity index (χ0n) is 17.6. The van der Waals surface area contributed by atoms with E-state index in [9.17, 15) is 22.4 Å². The highest BCUT2D eigenvalue weighted by Crippen LogP contribution is 2.29. The van der Waals surface area contributed by atoms with Crippen molar-refractivity contribution in [2.45, 2.75) is 6.18 Å². The van der Waals surface area contributed by atoms with Crippen LogP contribution in [0.5, 0.6) is 0 Å². The van der Waals surface area contributed by atoms with Crippen molar-refractivity contribution in [3.63, 3.8) is 0 Å². The summed E-state index contributed by atoms with van der Waals surface area (Å²) in [5.41, 5.74) is 1.10. The summed E-state index contributed by atoms with van der Waals surface area (Å²) in [4.78, 5) is 21.9. The largest absolute Gasteiger partial charge is 0.471 e. The Morgan fingerprint density at radius 1 is 1.12 bits per heavy atom. The predicted octanol–water partition coefficient (Wildman–Crippen LogP) is 3.55. The molecule has 0 saturated carbocycles. The number of aromatic amines is 1. The maximum atomic E-state index is 13.1. The van der Waals surface area contributed by atoms with Gasteiger partial charge in [0.05, 0.1) is 0 Å². The number of hydrogen-bond acceptors (Lipinski definition) is 7. The van der Waals surface area contributed by atoms with Crippen molar-refractivity contribution in [2.24, 2.45) is 0 Å². The maximum absolute atomic E-state index is 13.1. The Hall–Kier alpha value is -4.29. The molecule has 13 heteroatoms. The van der Waals surface area contributed by atoms with Gasteiger partial charge in [-0.25, -0.2) is 4.39 Å². The minimum Gasteiger partial charge on any atom is -0.350 e. The number of H-pyrrole nitrogens is 1. The standard InChI is InChI=1S/C21H17F4N7O2/c1-32(20-28-16(29-30-20)12-5-7-15(22)8-6-12)10-9-26-18(33)14-4-2-3-13(11-14)17-27-19(34-31-17)21(23,24)25/h2-8,11H,9-10H2,1H3,(H,26,33)(H,28,29,30). The van der Waals surface area contributed by atoms with Crippen LogP contribution in [0.25, 0.3) is 22.8 Å². The van der Waals surface area contributed by atoms with E-state index in [2.05, 4.69) is 35.2 Å². The van der Waals surface area contributed by atoms with Crippen LogP contribution in [-0.2, 0) is 6.18 Å². The first-order valence-electron chi connectivity index (χ1n) is 9.90. The number of anilines is 1. The molecule has 4 aromatic rings. The third-order valence-electron chi connectivity index (χ3n) is 4.72. The van der Waals surface area contributed by atoms with Crippen molar-refractivity contribution >= 4 is 11.9 Å². The average Bonchev–Trinajstić information content (AvgIpc) is 3.50. The molecule has 0 unspecified atom stereocenters. The highest BCUT2D eigenvalue weighted by atomic mass is 19.4. The van der Waals surface area contributed by atoms with Gasteiger partial charge in [0, 0.05) is 36.8 Å². The van der Waals surface area contributed by atoms with E-state index in [-0.39, 0.29) is 29.3 Å². The number of carbonyl (C=O) groups is 1. The smallest absolute Gasteiger partial charge is 0.350 e. The molecule has 0 aliphatic heterocycles. The second kappa shape index (κ2) is 9.29. The fraction of sp³-hybridized carbons (Fsp3) is 0.190. The van der Waals surface area contributed by atoms with E-state index in [1.165, 1.54) is 36.4 Å². The summed E-state index contributed by atoms with van der Waals surface area (Å²) in [5, 5.41) is 12.9. The van der Waals surface area contributed by atoms with Gasteiger partial charge in [0.2, 0.25) is 11.8 Å². The molecule has 0 atom stereocenters. The van der Waals surface area contributed by atoms with E-state index in [1.807, 2.05) is 0 Å². The quantitative estimate of drug-likeness (QED) is 0.393. The van der Waals surface area contributed by atoms with Gasteiger partial charge in [-0.05, 0) is 36.4 Å². The average molecular weight is 475 g/mol. The van der Waals surface area contributed by atoms with Gasteiger partial charge in [0.15, 0.2) is 5.82 Å². The van der Waals surface area contributed by atoms with Gasteiger partial charge in [-0.3, -0.25) is 9.89 Å². The number of alkyl halides is 3. The normalized spacial score (nSPS) is 11.4. The van der Waals surface area contributed by atoms with Gasteiger partial charge in [-0.2, -0.15) is 23.1 Å². The van der Waals surface area contributed by atoms with Gasteiger partial charge < -0.3 is 14.7 Å². The summed E-state index contributed by atoms with van der Waals surface area (Å²) in [6.07, 6.45) is -4.75. The molecule has 2 aromatic heterocycles. The molecule has 9 nitrogen and oxygen atoms in total. The molecule has 0 fully saturated rings. The van der Waals surface area contributed by atoms with Gasteiger partial charge >= 0.3 is 12.1 Å². The predicted molar refractivity (Wildman–Crippen MR) is 112 cm³/mol. The Bertz CT molecular complexity index is 1280. The van der Waals surface area contributed by atoms with E-state index >= 15 is 0 Å². The van der Waals surface area contributed by atoms with E-state index < -0.39 is 18.0 Å². The minimum atomic E-state index is -4.75. The summed E-state index contributed by atoms with van der Waals surface area (Å²) < 4.78 is 55.3. The Balaban J connectivity index is 1.34. The van der Waals surface area contributed by atoms with Gasteiger partial charge in [-0.1, -0.05) is 17.3 Å². The lowest BCUT2D eigenvalue weighted by Gasteiger charge is -2.15. The minimum absolute atomic E-state index is 0.207. The molecular weight excluding hydrogens is 458 g/mol. The molecule has 0 radical (unpaired) electrons. The molecule has 2 heterocycles. The molecule has 34 heavy (non-hydrogen) atoms. The zero-order chi connectivity index (χ0) is 24.3. The number of amides is 1. The van der Waals surface area contributed by atoms with Crippen molar-refractivity contribution in [2.75, 3.05) is 25.0 Å². The van der Waals surface area contributed by atoms with Gasteiger partial charge in [-0.15, -0.1) is 5.10 Å². The first-order valence-corrected chi connectivity index (χ1v) is 9.90. The lowest BCUT2D eigenvalue weighted by Crippen LogP contribution is -2.33. The van der Waals surface area contributed by atoms with E-state index in [0.717, 1.165) is 0 Å². The Labute approximate surface area is 189 Å². The molecule has 0 bridgehead atoms. The summed E-state index contributed by atoms with van der Waals surface area (Å²) in [6, 6.07) is 11.6. The number of nitrogens with zero attached hydrogens (tertiary/aromatic N) is 5. The Morgan fingerprint density at radius 3 is 2.59 bits per heavy atom. The number of halogens is 4. The number of benzene rings is 2. The fourth-order valence-corrected chi connectivity index (χ4v) is 2.96. The molecule has 0 saturated heterocycles. The zero-order valence-corrected chi connectivity index (χ0v) is 17.6. The van der Waals surface area contributed by atoms with Crippen molar-refractivity contribution in [1.82, 2.24) is 30.6 Å². The highest BCUT2D eigenvalue weighted by molar-refractivity contribution is 5.95. The number of carbonyl (C=O) groups excluding carboxylic acids is 1. The highest BCUT2D eigenvalue weighted by Gasteiger charge is 2.38. The molecule has 0 aliphatic rings. The number of rotatable bonds is 7. The van der Waals surface area contributed by atoms with Crippen LogP contribution in [0, 0.1) is 5.82 Å². The maximum Gasteiger partial charge on any atom is 0.471 e. The van der Waals surface area contributed by atoms with Crippen molar-refractivity contribution in [1.29, 1.82) is 0 Å².